The van der Waals surface area contributed by atoms with E-state index in [4.69, 9.17) is 16.3 Å². The van der Waals surface area contributed by atoms with E-state index in [2.05, 4.69) is 58.2 Å². The van der Waals surface area contributed by atoms with Crippen LogP contribution in [0, 0.1) is 36.5 Å². The molecule has 3 fully saturated rings. The molecule has 218 valence electrons. The molecule has 1 N–H and O–H groups in total. The number of imide groups is 1. The molecular weight excluding hydrogens is 668 g/mol. The monoisotopic (exact) mass is 692 g/mol. The summed E-state index contributed by atoms with van der Waals surface area (Å²) in [6.45, 7) is 2.48. The maximum absolute atomic E-state index is 14.0. The normalized spacial score (nSPS) is 28.6. The fourth-order valence-corrected chi connectivity index (χ4v) is 11.3. The Bertz CT molecular complexity index is 1840. The molecule has 1 aromatic heterocycles. The van der Waals surface area contributed by atoms with E-state index in [1.807, 2.05) is 12.1 Å². The van der Waals surface area contributed by atoms with Crippen molar-refractivity contribution in [3.8, 4) is 5.75 Å². The quantitative estimate of drug-likeness (QED) is 0.220. The van der Waals surface area contributed by atoms with Gasteiger partial charge in [0.05, 0.1) is 22.5 Å². The Morgan fingerprint density at radius 1 is 0.977 bits per heavy atom. The maximum Gasteiger partial charge on any atom is 0.305 e. The van der Waals surface area contributed by atoms with Gasteiger partial charge >= 0.3 is 4.87 Å². The number of rotatable bonds is 5. The Balaban J connectivity index is 1.20. The number of carbonyl (C=O) groups is 2. The van der Waals surface area contributed by atoms with Gasteiger partial charge < -0.3 is 9.72 Å². The van der Waals surface area contributed by atoms with Gasteiger partial charge in [0.25, 0.3) is 0 Å². The largest absolute Gasteiger partial charge is 0.489 e. The number of aromatic nitrogens is 1. The lowest BCUT2D eigenvalue weighted by Gasteiger charge is -2.43. The highest BCUT2D eigenvalue weighted by molar-refractivity contribution is 9.10. The lowest BCUT2D eigenvalue weighted by Crippen LogP contribution is -2.42. The van der Waals surface area contributed by atoms with Gasteiger partial charge in [-0.2, -0.15) is 0 Å². The minimum absolute atomic E-state index is 0.0144. The van der Waals surface area contributed by atoms with Crippen LogP contribution in [0.3, 0.4) is 0 Å². The maximum atomic E-state index is 14.0. The van der Waals surface area contributed by atoms with Crippen LogP contribution in [0.4, 0.5) is 5.69 Å². The number of thioether (sulfide) groups is 1. The zero-order valence-electron chi connectivity index (χ0n) is 23.0. The minimum Gasteiger partial charge on any atom is -0.489 e. The van der Waals surface area contributed by atoms with Crippen molar-refractivity contribution in [1.82, 2.24) is 4.98 Å². The topological polar surface area (TPSA) is 79.5 Å². The van der Waals surface area contributed by atoms with Crippen molar-refractivity contribution >= 4 is 68.1 Å². The summed E-state index contributed by atoms with van der Waals surface area (Å²) in [6, 6.07) is 21.3. The van der Waals surface area contributed by atoms with Crippen molar-refractivity contribution in [3.05, 3.63) is 107 Å². The number of nitrogens with one attached hydrogen (secondary N) is 1. The minimum atomic E-state index is -0.376. The van der Waals surface area contributed by atoms with E-state index in [0.29, 0.717) is 17.3 Å². The number of carbonyl (C=O) groups excluding carboxylic acids is 2. The zero-order chi connectivity index (χ0) is 29.6. The number of ether oxygens (including phenoxy) is 1. The molecule has 2 bridgehead atoms. The third kappa shape index (κ3) is 4.37. The van der Waals surface area contributed by atoms with Crippen LogP contribution < -0.4 is 14.5 Å². The van der Waals surface area contributed by atoms with E-state index in [0.717, 1.165) is 37.7 Å². The number of nitrogens with zero attached hydrogens (tertiary/aromatic N) is 1. The van der Waals surface area contributed by atoms with Gasteiger partial charge in [-0.3, -0.25) is 19.3 Å². The number of H-pyrrole nitrogens is 1. The predicted octanol–water partition coefficient (Wildman–Crippen LogP) is 7.42. The number of halogens is 2. The highest BCUT2D eigenvalue weighted by Gasteiger charge is 2.69. The molecule has 8 rings (SSSR count). The van der Waals surface area contributed by atoms with Gasteiger partial charge in [0.1, 0.15) is 12.4 Å². The van der Waals surface area contributed by atoms with E-state index in [9.17, 15) is 14.4 Å². The summed E-state index contributed by atoms with van der Waals surface area (Å²) in [4.78, 5) is 46.0. The first kappa shape index (κ1) is 27.7. The standard InChI is InChI=1S/C33H26BrClN2O4S2/c1-15-2-4-16(5-3-15)14-41-23-11-6-17(34)12-20(23)24-25-21-13-22(28(25)42-30-29(24)43-33(40)36-30)27-26(21)31(38)37(32(27)39)19-9-7-18(35)8-10-19/h2-12,21-22,24-28H,13-14H2,1H3,(H,36,40)/t21?,22?,24-,25?,26?,27?,28?/m1/s1. The van der Waals surface area contributed by atoms with E-state index in [1.54, 1.807) is 36.0 Å². The van der Waals surface area contributed by atoms with Crippen LogP contribution in [0.25, 0.3) is 0 Å². The summed E-state index contributed by atoms with van der Waals surface area (Å²) < 4.78 is 7.40. The lowest BCUT2D eigenvalue weighted by molar-refractivity contribution is -0.123. The number of aryl methyl sites for hydroxylation is 1. The molecule has 2 aliphatic heterocycles. The molecule has 6 nitrogen and oxygen atoms in total. The second kappa shape index (κ2) is 10.4. The van der Waals surface area contributed by atoms with Crippen LogP contribution in [0.2, 0.25) is 5.02 Å². The number of amides is 2. The van der Waals surface area contributed by atoms with Crippen molar-refractivity contribution in [2.24, 2.45) is 29.6 Å². The third-order valence-corrected chi connectivity index (χ3v) is 13.0. The number of thiazole rings is 1. The Morgan fingerprint density at radius 2 is 1.70 bits per heavy atom. The molecular formula is C33H26BrClN2O4S2. The molecule has 2 saturated carbocycles. The van der Waals surface area contributed by atoms with Crippen molar-refractivity contribution in [2.45, 2.75) is 36.1 Å². The van der Waals surface area contributed by atoms with Gasteiger partial charge in [-0.15, -0.1) is 11.8 Å². The van der Waals surface area contributed by atoms with Crippen LogP contribution >= 0.6 is 50.6 Å². The van der Waals surface area contributed by atoms with Crippen LogP contribution in [0.1, 0.15) is 33.9 Å². The Hall–Kier alpha value is -2.85. The van der Waals surface area contributed by atoms with E-state index in [-0.39, 0.29) is 57.4 Å². The molecule has 43 heavy (non-hydrogen) atoms. The molecule has 0 spiro atoms. The van der Waals surface area contributed by atoms with Gasteiger partial charge in [-0.05, 0) is 79.1 Å². The number of benzene rings is 3. The summed E-state index contributed by atoms with van der Waals surface area (Å²) in [6.07, 6.45) is 0.826. The van der Waals surface area contributed by atoms with E-state index >= 15 is 0 Å². The van der Waals surface area contributed by atoms with Crippen molar-refractivity contribution in [2.75, 3.05) is 4.90 Å². The second-order valence-electron chi connectivity index (χ2n) is 11.9. The molecule has 4 aliphatic rings. The first-order valence-electron chi connectivity index (χ1n) is 14.3. The van der Waals surface area contributed by atoms with Gasteiger partial charge in [-0.25, -0.2) is 0 Å². The van der Waals surface area contributed by atoms with Crippen LogP contribution in [0.15, 0.2) is 81.0 Å². The highest BCUT2D eigenvalue weighted by atomic mass is 79.9. The molecule has 3 aromatic carbocycles. The molecule has 2 amide bonds. The van der Waals surface area contributed by atoms with Crippen molar-refractivity contribution in [3.63, 3.8) is 0 Å². The molecule has 4 aromatic rings. The average Bonchev–Trinajstić information content (AvgIpc) is 3.73. The van der Waals surface area contributed by atoms with Crippen LogP contribution in [-0.4, -0.2) is 22.0 Å². The predicted molar refractivity (Wildman–Crippen MR) is 172 cm³/mol. The number of fused-ring (bicyclic) bond motifs is 9. The molecule has 6 unspecified atom stereocenters. The number of hydrogen-bond donors (Lipinski definition) is 1. The first-order chi connectivity index (χ1) is 20.8. The molecule has 10 heteroatoms. The first-order valence-corrected chi connectivity index (χ1v) is 17.2. The number of hydrogen-bond acceptors (Lipinski definition) is 6. The summed E-state index contributed by atoms with van der Waals surface area (Å²) in [5, 5.41) is 1.53. The Morgan fingerprint density at radius 3 is 2.44 bits per heavy atom. The van der Waals surface area contributed by atoms with E-state index < -0.39 is 0 Å². The number of anilines is 1. The molecule has 1 saturated heterocycles. The molecule has 0 radical (unpaired) electrons. The SMILES string of the molecule is Cc1ccc(COc2ccc(Br)cc2[C@H]2c3sc(=O)[nH]c3SC3C4CC(C5C(=O)N(c6ccc(Cl)cc6)C(=O)C45)C32)cc1. The van der Waals surface area contributed by atoms with Gasteiger partial charge in [0.15, 0.2) is 0 Å². The second-order valence-corrected chi connectivity index (χ2v) is 15.5. The van der Waals surface area contributed by atoms with Gasteiger partial charge in [-0.1, -0.05) is 68.7 Å². The Kier molecular flexibility index (Phi) is 6.67. The summed E-state index contributed by atoms with van der Waals surface area (Å²) in [5.74, 6) is -0.204. The summed E-state index contributed by atoms with van der Waals surface area (Å²) in [7, 11) is 0. The molecule has 2 aliphatic carbocycles. The van der Waals surface area contributed by atoms with Gasteiger partial charge in [0.2, 0.25) is 11.8 Å². The Labute approximate surface area is 269 Å². The van der Waals surface area contributed by atoms with Crippen LogP contribution in [-0.2, 0) is 16.2 Å². The fraction of sp³-hybridized carbons (Fsp3) is 0.303. The van der Waals surface area contributed by atoms with E-state index in [1.165, 1.54) is 21.8 Å². The third-order valence-electron chi connectivity index (χ3n) is 9.63. The summed E-state index contributed by atoms with van der Waals surface area (Å²) >= 11 is 12.7. The van der Waals surface area contributed by atoms with Gasteiger partial charge in [0, 0.05) is 31.1 Å². The highest BCUT2D eigenvalue weighted by Crippen LogP contribution is 2.69. The summed E-state index contributed by atoms with van der Waals surface area (Å²) in [5.41, 5.74) is 3.84. The smallest absolute Gasteiger partial charge is 0.305 e. The molecule has 7 atom stereocenters. The fourth-order valence-electron chi connectivity index (χ4n) is 7.95. The van der Waals surface area contributed by atoms with Crippen molar-refractivity contribution < 1.29 is 14.3 Å². The number of aromatic amines is 1. The lowest BCUT2D eigenvalue weighted by atomic mass is 9.68. The van der Waals surface area contributed by atoms with Crippen molar-refractivity contribution in [1.29, 1.82) is 0 Å². The molecule has 3 heterocycles. The average molecular weight is 694 g/mol. The zero-order valence-corrected chi connectivity index (χ0v) is 26.9. The van der Waals surface area contributed by atoms with Crippen LogP contribution in [0.5, 0.6) is 5.75 Å².